The number of carbonyl (C=O) groups is 2. The topological polar surface area (TPSA) is 120 Å². The Kier molecular flexibility index (Phi) is 4.18. The third kappa shape index (κ3) is 3.09. The van der Waals surface area contributed by atoms with E-state index in [-0.39, 0.29) is 11.4 Å². The number of benzene rings is 1. The lowest BCUT2D eigenvalue weighted by atomic mass is 9.80. The van der Waals surface area contributed by atoms with Crippen molar-refractivity contribution in [2.24, 2.45) is 16.1 Å². The second-order valence-corrected chi connectivity index (χ2v) is 4.84. The molecule has 0 fully saturated rings. The van der Waals surface area contributed by atoms with Crippen LogP contribution in [-0.4, -0.2) is 32.7 Å². The largest absolute Gasteiger partial charge is 0.508 e. The molecule has 0 bridgehead atoms. The number of aromatic hydroxyl groups is 1. The molecule has 0 amide bonds. The molecule has 1 aliphatic carbocycles. The van der Waals surface area contributed by atoms with E-state index < -0.39 is 23.3 Å². The summed E-state index contributed by atoms with van der Waals surface area (Å²) in [5.41, 5.74) is -1.52. The molecular weight excluding hydrogens is 288 g/mol. The van der Waals surface area contributed by atoms with Gasteiger partial charge in [-0.15, -0.1) is 0 Å². The fourth-order valence-corrected chi connectivity index (χ4v) is 1.99. The number of aliphatic carboxylic acids is 1. The summed E-state index contributed by atoms with van der Waals surface area (Å²) < 4.78 is 0. The molecule has 1 aliphatic rings. The molecule has 22 heavy (non-hydrogen) atoms. The summed E-state index contributed by atoms with van der Waals surface area (Å²) >= 11 is 0. The summed E-state index contributed by atoms with van der Waals surface area (Å²) in [6.45, 7) is 1.11. The number of azo groups is 1. The second kappa shape index (κ2) is 5.90. The van der Waals surface area contributed by atoms with Crippen molar-refractivity contribution in [3.05, 3.63) is 48.2 Å². The van der Waals surface area contributed by atoms with Crippen molar-refractivity contribution in [3.63, 3.8) is 0 Å². The molecule has 0 saturated heterocycles. The Hall–Kier alpha value is -2.80. The highest BCUT2D eigenvalue weighted by molar-refractivity contribution is 5.94. The molecule has 0 aromatic heterocycles. The number of hydrogen-bond donors (Lipinski definition) is 3. The first-order chi connectivity index (χ1) is 10.3. The standard InChI is InChI=1S/C15H14N2O5/c1-9(18)15(22)8-11(4-7-13(15)14(20)21)17-16-10-2-5-12(19)6-3-10/h2-8,13,19,22H,1H3,(H,20,21). The van der Waals surface area contributed by atoms with Gasteiger partial charge in [-0.3, -0.25) is 9.59 Å². The maximum absolute atomic E-state index is 11.6. The first-order valence-electron chi connectivity index (χ1n) is 6.41. The summed E-state index contributed by atoms with van der Waals surface area (Å²) in [6, 6.07) is 5.93. The highest BCUT2D eigenvalue weighted by atomic mass is 16.4. The third-order valence-corrected chi connectivity index (χ3v) is 3.26. The van der Waals surface area contributed by atoms with Gasteiger partial charge in [-0.2, -0.15) is 10.2 Å². The van der Waals surface area contributed by atoms with Gasteiger partial charge in [0, 0.05) is 0 Å². The minimum absolute atomic E-state index is 0.0889. The highest BCUT2D eigenvalue weighted by Gasteiger charge is 2.44. The number of nitrogens with zero attached hydrogens (tertiary/aromatic N) is 2. The molecule has 0 spiro atoms. The summed E-state index contributed by atoms with van der Waals surface area (Å²) in [5.74, 6) is -3.27. The molecule has 3 N–H and O–H groups in total. The number of hydrogen-bond acceptors (Lipinski definition) is 6. The number of ketones is 1. The summed E-state index contributed by atoms with van der Waals surface area (Å²) in [7, 11) is 0. The van der Waals surface area contributed by atoms with Gasteiger partial charge >= 0.3 is 5.97 Å². The first-order valence-corrected chi connectivity index (χ1v) is 6.41. The highest BCUT2D eigenvalue weighted by Crippen LogP contribution is 2.30. The zero-order valence-corrected chi connectivity index (χ0v) is 11.7. The Morgan fingerprint density at radius 1 is 1.18 bits per heavy atom. The Morgan fingerprint density at radius 3 is 2.36 bits per heavy atom. The number of carboxylic acid groups (broad SMARTS) is 1. The van der Waals surface area contributed by atoms with Gasteiger partial charge in [0.15, 0.2) is 11.4 Å². The van der Waals surface area contributed by atoms with Crippen molar-refractivity contribution in [1.82, 2.24) is 0 Å². The van der Waals surface area contributed by atoms with Crippen LogP contribution in [0.25, 0.3) is 0 Å². The zero-order chi connectivity index (χ0) is 16.3. The van der Waals surface area contributed by atoms with Crippen molar-refractivity contribution in [2.45, 2.75) is 12.5 Å². The van der Waals surface area contributed by atoms with E-state index >= 15 is 0 Å². The Labute approximate surface area is 125 Å². The molecule has 114 valence electrons. The lowest BCUT2D eigenvalue weighted by Crippen LogP contribution is -2.47. The number of phenolic OH excluding ortho intramolecular Hbond substituents is 1. The van der Waals surface area contributed by atoms with E-state index in [4.69, 9.17) is 10.2 Å². The fraction of sp³-hybridized carbons (Fsp3) is 0.200. The lowest BCUT2D eigenvalue weighted by molar-refractivity contribution is -0.152. The van der Waals surface area contributed by atoms with E-state index in [1.54, 1.807) is 0 Å². The van der Waals surface area contributed by atoms with Gasteiger partial charge in [-0.05, 0) is 43.3 Å². The molecular formula is C15H14N2O5. The van der Waals surface area contributed by atoms with E-state index in [1.165, 1.54) is 36.4 Å². The van der Waals surface area contributed by atoms with Crippen LogP contribution in [-0.2, 0) is 9.59 Å². The smallest absolute Gasteiger partial charge is 0.314 e. The van der Waals surface area contributed by atoms with Gasteiger partial charge in [-0.25, -0.2) is 0 Å². The quantitative estimate of drug-likeness (QED) is 0.734. The van der Waals surface area contributed by atoms with Gasteiger partial charge in [0.25, 0.3) is 0 Å². The van der Waals surface area contributed by atoms with Gasteiger partial charge in [0.2, 0.25) is 0 Å². The van der Waals surface area contributed by atoms with Crippen LogP contribution >= 0.6 is 0 Å². The number of aliphatic hydroxyl groups is 1. The molecule has 0 radical (unpaired) electrons. The van der Waals surface area contributed by atoms with Gasteiger partial charge in [0.1, 0.15) is 11.7 Å². The van der Waals surface area contributed by atoms with Crippen LogP contribution < -0.4 is 0 Å². The molecule has 0 saturated carbocycles. The molecule has 2 unspecified atom stereocenters. The molecule has 1 aromatic carbocycles. The summed E-state index contributed by atoms with van der Waals surface area (Å²) in [4.78, 5) is 22.7. The third-order valence-electron chi connectivity index (χ3n) is 3.26. The monoisotopic (exact) mass is 302 g/mol. The van der Waals surface area contributed by atoms with Crippen molar-refractivity contribution in [3.8, 4) is 5.75 Å². The molecule has 7 nitrogen and oxygen atoms in total. The minimum atomic E-state index is -2.15. The number of carboxylic acids is 1. The van der Waals surface area contributed by atoms with Gasteiger partial charge in [-0.1, -0.05) is 6.08 Å². The van der Waals surface area contributed by atoms with Crippen LogP contribution in [0.5, 0.6) is 5.75 Å². The van der Waals surface area contributed by atoms with Crippen LogP contribution in [0.4, 0.5) is 5.69 Å². The first kappa shape index (κ1) is 15.6. The van der Waals surface area contributed by atoms with Crippen molar-refractivity contribution >= 4 is 17.4 Å². The maximum atomic E-state index is 11.6. The number of allylic oxidation sites excluding steroid dienone is 1. The molecule has 0 aliphatic heterocycles. The van der Waals surface area contributed by atoms with Crippen molar-refractivity contribution in [2.75, 3.05) is 0 Å². The SMILES string of the molecule is CC(=O)C1(O)C=C(N=Nc2ccc(O)cc2)C=CC1C(=O)O. The summed E-state index contributed by atoms with van der Waals surface area (Å²) in [5, 5.41) is 36.3. The van der Waals surface area contributed by atoms with Gasteiger partial charge < -0.3 is 15.3 Å². The molecule has 1 aromatic rings. The van der Waals surface area contributed by atoms with E-state index in [0.29, 0.717) is 5.69 Å². The van der Waals surface area contributed by atoms with E-state index in [1.807, 2.05) is 0 Å². The minimum Gasteiger partial charge on any atom is -0.508 e. The second-order valence-electron chi connectivity index (χ2n) is 4.84. The number of carbonyl (C=O) groups excluding carboxylic acids is 1. The van der Waals surface area contributed by atoms with Gasteiger partial charge in [0.05, 0.1) is 11.4 Å². The maximum Gasteiger partial charge on any atom is 0.314 e. The van der Waals surface area contributed by atoms with Crippen molar-refractivity contribution in [1.29, 1.82) is 0 Å². The van der Waals surface area contributed by atoms with E-state index in [9.17, 15) is 14.7 Å². The molecule has 2 rings (SSSR count). The Bertz CT molecular complexity index is 690. The van der Waals surface area contributed by atoms with Crippen LogP contribution in [0.2, 0.25) is 0 Å². The normalized spacial score (nSPS) is 24.3. The van der Waals surface area contributed by atoms with Crippen LogP contribution in [0.15, 0.2) is 58.4 Å². The average Bonchev–Trinajstić information content (AvgIpc) is 2.46. The van der Waals surface area contributed by atoms with Crippen LogP contribution in [0, 0.1) is 5.92 Å². The predicted molar refractivity (Wildman–Crippen MR) is 76.6 cm³/mol. The molecule has 2 atom stereocenters. The fourth-order valence-electron chi connectivity index (χ4n) is 1.99. The van der Waals surface area contributed by atoms with E-state index in [2.05, 4.69) is 10.2 Å². The molecule has 0 heterocycles. The van der Waals surface area contributed by atoms with Crippen LogP contribution in [0.1, 0.15) is 6.92 Å². The Balaban J connectivity index is 2.29. The zero-order valence-electron chi connectivity index (χ0n) is 11.7. The average molecular weight is 302 g/mol. The predicted octanol–water partition coefficient (Wildman–Crippen LogP) is 1.95. The van der Waals surface area contributed by atoms with E-state index in [0.717, 1.165) is 13.0 Å². The lowest BCUT2D eigenvalue weighted by Gasteiger charge is -2.28. The number of rotatable bonds is 4. The number of phenols is 1. The Morgan fingerprint density at radius 2 is 1.82 bits per heavy atom. The van der Waals surface area contributed by atoms with Crippen LogP contribution in [0.3, 0.4) is 0 Å². The van der Waals surface area contributed by atoms with Crippen molar-refractivity contribution < 1.29 is 24.9 Å². The molecule has 7 heteroatoms. The summed E-state index contributed by atoms with van der Waals surface area (Å²) in [6.07, 6.45) is 3.66. The number of Topliss-reactive ketones (excluding diaryl/α,β-unsaturated/α-hetero) is 1.